The number of aryl methyl sites for hydroxylation is 1. The summed E-state index contributed by atoms with van der Waals surface area (Å²) < 4.78 is 59.9. The van der Waals surface area contributed by atoms with Gasteiger partial charge in [0, 0.05) is 38.4 Å². The Hall–Kier alpha value is -2.51. The highest BCUT2D eigenvalue weighted by Crippen LogP contribution is 2.28. The van der Waals surface area contributed by atoms with E-state index < -0.39 is 32.5 Å². The number of amides is 1. The van der Waals surface area contributed by atoms with Gasteiger partial charge in [-0.3, -0.25) is 4.79 Å². The predicted octanol–water partition coefficient (Wildman–Crippen LogP) is 1.59. The first-order valence-corrected chi connectivity index (χ1v) is 14.1. The van der Waals surface area contributed by atoms with E-state index >= 15 is 0 Å². The first kappa shape index (κ1) is 27.1. The molecule has 0 aromatic heterocycles. The minimum absolute atomic E-state index is 0.00637. The number of carbonyl (C=O) groups excluding carboxylic acids is 1. The van der Waals surface area contributed by atoms with Gasteiger partial charge in [0.1, 0.15) is 10.6 Å². The highest BCUT2D eigenvalue weighted by atomic mass is 32.2. The molecule has 2 aromatic rings. The van der Waals surface area contributed by atoms with Gasteiger partial charge in [0.05, 0.1) is 18.6 Å². The Morgan fingerprint density at radius 3 is 2.23 bits per heavy atom. The highest BCUT2D eigenvalue weighted by molar-refractivity contribution is 7.89. The summed E-state index contributed by atoms with van der Waals surface area (Å²) >= 11 is 0. The summed E-state index contributed by atoms with van der Waals surface area (Å²) in [5.41, 5.74) is 1.12. The number of piperazine rings is 1. The van der Waals surface area contributed by atoms with E-state index in [1.54, 1.807) is 26.0 Å². The molecule has 1 fully saturated rings. The molecule has 1 aliphatic heterocycles. The third-order valence-electron chi connectivity index (χ3n) is 5.85. The molecular formula is C23H32N4O6S2. The third-order valence-corrected chi connectivity index (χ3v) is 9.70. The number of carbonyl (C=O) groups is 1. The molecule has 12 heteroatoms. The van der Waals surface area contributed by atoms with Crippen LogP contribution in [0.4, 0.5) is 5.69 Å². The summed E-state index contributed by atoms with van der Waals surface area (Å²) in [6.07, 6.45) is 0. The summed E-state index contributed by atoms with van der Waals surface area (Å²) in [5.74, 6) is -0.344. The van der Waals surface area contributed by atoms with E-state index in [1.807, 2.05) is 7.05 Å². The van der Waals surface area contributed by atoms with Gasteiger partial charge in [0.25, 0.3) is 0 Å². The second-order valence-electron chi connectivity index (χ2n) is 8.37. The van der Waals surface area contributed by atoms with Gasteiger partial charge < -0.3 is 15.0 Å². The Bertz CT molecular complexity index is 1260. The molecule has 1 saturated heterocycles. The Labute approximate surface area is 207 Å². The van der Waals surface area contributed by atoms with Crippen LogP contribution in [0, 0.1) is 6.92 Å². The minimum Gasteiger partial charge on any atom is -0.495 e. The van der Waals surface area contributed by atoms with Crippen LogP contribution in [-0.2, 0) is 24.8 Å². The van der Waals surface area contributed by atoms with Crippen LogP contribution in [0.15, 0.2) is 52.3 Å². The van der Waals surface area contributed by atoms with E-state index in [0.29, 0.717) is 31.9 Å². The van der Waals surface area contributed by atoms with Crippen LogP contribution >= 0.6 is 0 Å². The van der Waals surface area contributed by atoms with Crippen LogP contribution in [0.3, 0.4) is 0 Å². The number of sulfonamides is 2. The molecule has 192 valence electrons. The van der Waals surface area contributed by atoms with Gasteiger partial charge in [-0.15, -0.1) is 0 Å². The SMILES string of the molecule is CCN(CC(=O)Nc1ccc(S(=O)(=O)N2CCN(C)CC2)cc1)S(=O)(=O)c1cc(C)ccc1OC. The van der Waals surface area contributed by atoms with Crippen molar-refractivity contribution < 1.29 is 26.4 Å². The maximum atomic E-state index is 13.2. The first-order chi connectivity index (χ1) is 16.5. The van der Waals surface area contributed by atoms with E-state index in [-0.39, 0.29) is 22.1 Å². The maximum absolute atomic E-state index is 13.2. The topological polar surface area (TPSA) is 116 Å². The van der Waals surface area contributed by atoms with E-state index in [0.717, 1.165) is 9.87 Å². The fraction of sp³-hybridized carbons (Fsp3) is 0.435. The fourth-order valence-corrected chi connectivity index (χ4v) is 6.81. The van der Waals surface area contributed by atoms with Gasteiger partial charge in [0.15, 0.2) is 0 Å². The third kappa shape index (κ3) is 6.19. The van der Waals surface area contributed by atoms with Gasteiger partial charge in [0.2, 0.25) is 26.0 Å². The Morgan fingerprint density at radius 1 is 1.03 bits per heavy atom. The zero-order valence-corrected chi connectivity index (χ0v) is 22.0. The van der Waals surface area contributed by atoms with Crippen molar-refractivity contribution in [1.82, 2.24) is 13.5 Å². The number of likely N-dealkylation sites (N-methyl/N-ethyl adjacent to an activating group) is 2. The molecule has 1 aliphatic rings. The van der Waals surface area contributed by atoms with Crippen LogP contribution in [0.25, 0.3) is 0 Å². The molecule has 3 rings (SSSR count). The molecule has 10 nitrogen and oxygen atoms in total. The molecule has 0 radical (unpaired) electrons. The normalized spacial score (nSPS) is 15.8. The average molecular weight is 525 g/mol. The second-order valence-corrected chi connectivity index (χ2v) is 12.2. The molecule has 0 unspecified atom stereocenters. The van der Waals surface area contributed by atoms with Gasteiger partial charge in [-0.25, -0.2) is 16.8 Å². The summed E-state index contributed by atoms with van der Waals surface area (Å²) in [4.78, 5) is 14.9. The number of benzene rings is 2. The number of anilines is 1. The quantitative estimate of drug-likeness (QED) is 0.530. The zero-order valence-electron chi connectivity index (χ0n) is 20.4. The largest absolute Gasteiger partial charge is 0.495 e. The van der Waals surface area contributed by atoms with Gasteiger partial charge >= 0.3 is 0 Å². The number of nitrogens with zero attached hydrogens (tertiary/aromatic N) is 3. The van der Waals surface area contributed by atoms with Crippen LogP contribution in [-0.4, -0.2) is 89.7 Å². The molecule has 1 heterocycles. The van der Waals surface area contributed by atoms with Crippen molar-refractivity contribution in [2.75, 3.05) is 58.7 Å². The van der Waals surface area contributed by atoms with Crippen LogP contribution in [0.2, 0.25) is 0 Å². The Kier molecular flexibility index (Phi) is 8.54. The van der Waals surface area contributed by atoms with Crippen molar-refractivity contribution >= 4 is 31.6 Å². The summed E-state index contributed by atoms with van der Waals surface area (Å²) in [7, 11) is -4.27. The lowest BCUT2D eigenvalue weighted by atomic mass is 10.2. The molecule has 0 atom stereocenters. The van der Waals surface area contributed by atoms with Crippen molar-refractivity contribution in [3.8, 4) is 5.75 Å². The number of methoxy groups -OCH3 is 1. The van der Waals surface area contributed by atoms with Crippen LogP contribution < -0.4 is 10.1 Å². The predicted molar refractivity (Wildman–Crippen MR) is 133 cm³/mol. The van der Waals surface area contributed by atoms with Crippen molar-refractivity contribution in [3.05, 3.63) is 48.0 Å². The first-order valence-electron chi connectivity index (χ1n) is 11.2. The van der Waals surface area contributed by atoms with Crippen molar-refractivity contribution in [1.29, 1.82) is 0 Å². The average Bonchev–Trinajstić information content (AvgIpc) is 2.83. The van der Waals surface area contributed by atoms with E-state index in [9.17, 15) is 21.6 Å². The zero-order chi connectivity index (χ0) is 25.8. The van der Waals surface area contributed by atoms with Gasteiger partial charge in [-0.2, -0.15) is 8.61 Å². The number of rotatable bonds is 9. The van der Waals surface area contributed by atoms with E-state index in [2.05, 4.69) is 10.2 Å². The lowest BCUT2D eigenvalue weighted by Gasteiger charge is -2.31. The van der Waals surface area contributed by atoms with Crippen molar-refractivity contribution in [3.63, 3.8) is 0 Å². The lowest BCUT2D eigenvalue weighted by Crippen LogP contribution is -2.46. The molecule has 1 N–H and O–H groups in total. The lowest BCUT2D eigenvalue weighted by molar-refractivity contribution is -0.116. The molecule has 0 aliphatic carbocycles. The Morgan fingerprint density at radius 2 is 1.66 bits per heavy atom. The molecule has 2 aromatic carbocycles. The van der Waals surface area contributed by atoms with E-state index in [1.165, 1.54) is 41.7 Å². The molecule has 0 spiro atoms. The molecule has 1 amide bonds. The minimum atomic E-state index is -3.99. The molecule has 0 saturated carbocycles. The molecule has 35 heavy (non-hydrogen) atoms. The van der Waals surface area contributed by atoms with Gasteiger partial charge in [-0.1, -0.05) is 13.0 Å². The van der Waals surface area contributed by atoms with Crippen LogP contribution in [0.5, 0.6) is 5.75 Å². The van der Waals surface area contributed by atoms with Crippen molar-refractivity contribution in [2.45, 2.75) is 23.6 Å². The van der Waals surface area contributed by atoms with E-state index in [4.69, 9.17) is 4.74 Å². The number of nitrogens with one attached hydrogen (secondary N) is 1. The maximum Gasteiger partial charge on any atom is 0.247 e. The second kappa shape index (κ2) is 11.0. The van der Waals surface area contributed by atoms with Crippen molar-refractivity contribution in [2.24, 2.45) is 0 Å². The summed E-state index contributed by atoms with van der Waals surface area (Å²) in [5, 5.41) is 2.64. The van der Waals surface area contributed by atoms with Gasteiger partial charge in [-0.05, 0) is 55.9 Å². The number of ether oxygens (including phenoxy) is 1. The number of hydrogen-bond acceptors (Lipinski definition) is 7. The monoisotopic (exact) mass is 524 g/mol. The summed E-state index contributed by atoms with van der Waals surface area (Å²) in [6.45, 7) is 5.26. The summed E-state index contributed by atoms with van der Waals surface area (Å²) in [6, 6.07) is 10.7. The van der Waals surface area contributed by atoms with Crippen LogP contribution in [0.1, 0.15) is 12.5 Å². The molecular weight excluding hydrogens is 492 g/mol. The fourth-order valence-electron chi connectivity index (χ4n) is 3.74. The number of hydrogen-bond donors (Lipinski definition) is 1. The highest BCUT2D eigenvalue weighted by Gasteiger charge is 2.29. The Balaban J connectivity index is 1.70. The smallest absolute Gasteiger partial charge is 0.247 e. The molecule has 0 bridgehead atoms. The standard InChI is InChI=1S/C23H32N4O6S2/c1-5-26(35(31,32)22-16-18(2)6-11-21(22)33-4)17-23(28)24-19-7-9-20(10-8-19)34(29,30)27-14-12-25(3)13-15-27/h6-11,16H,5,12-15,17H2,1-4H3,(H,24,28).